The van der Waals surface area contributed by atoms with Crippen LogP contribution in [0.25, 0.3) is 0 Å². The highest BCUT2D eigenvalue weighted by Crippen LogP contribution is 2.66. The Morgan fingerprint density at radius 1 is 0.964 bits per heavy atom. The topological polar surface area (TPSA) is 0 Å². The molecule has 3 fully saturated rings. The zero-order chi connectivity index (χ0) is 19.9. The van der Waals surface area contributed by atoms with Crippen LogP contribution in [0.15, 0.2) is 11.6 Å². The second-order valence-corrected chi connectivity index (χ2v) is 12.4. The van der Waals surface area contributed by atoms with Crippen molar-refractivity contribution < 1.29 is 0 Å². The standard InChI is InChI=1S/C28H48/c1-20(2)8-6-7-9-22-13-15-25-24-14-12-23-11-10-21(3)16-18-27(23,4)26(24)17-19-28(22,25)5/h12,20-22,24-26H,6-11,13-19H2,1-5H3/t21-,22?,24?,25?,26?,27+,28-/m1/s1. The van der Waals surface area contributed by atoms with Crippen LogP contribution in [0.5, 0.6) is 0 Å². The second kappa shape index (κ2) is 8.11. The Balaban J connectivity index is 1.46. The van der Waals surface area contributed by atoms with Crippen LogP contribution in [-0.2, 0) is 0 Å². The van der Waals surface area contributed by atoms with Gasteiger partial charge in [0.15, 0.2) is 0 Å². The van der Waals surface area contributed by atoms with Gasteiger partial charge in [0.1, 0.15) is 0 Å². The molecule has 160 valence electrons. The third-order valence-corrected chi connectivity index (χ3v) is 10.5. The van der Waals surface area contributed by atoms with E-state index in [1.807, 2.05) is 5.57 Å². The van der Waals surface area contributed by atoms with Crippen molar-refractivity contribution in [3.63, 3.8) is 0 Å². The van der Waals surface area contributed by atoms with Crippen LogP contribution < -0.4 is 0 Å². The smallest absolute Gasteiger partial charge is 0.00852 e. The minimum Gasteiger partial charge on any atom is -0.0845 e. The van der Waals surface area contributed by atoms with E-state index < -0.39 is 0 Å². The van der Waals surface area contributed by atoms with E-state index in [-0.39, 0.29) is 0 Å². The quantitative estimate of drug-likeness (QED) is 0.328. The number of allylic oxidation sites excluding steroid dienone is 2. The van der Waals surface area contributed by atoms with Crippen molar-refractivity contribution in [1.82, 2.24) is 0 Å². The van der Waals surface area contributed by atoms with Crippen LogP contribution in [0, 0.1) is 46.3 Å². The zero-order valence-corrected chi connectivity index (χ0v) is 19.7. The first kappa shape index (κ1) is 21.0. The minimum absolute atomic E-state index is 0.546. The Hall–Kier alpha value is -0.260. The van der Waals surface area contributed by atoms with Crippen molar-refractivity contribution in [2.24, 2.45) is 46.3 Å². The van der Waals surface area contributed by atoms with Crippen LogP contribution in [-0.4, -0.2) is 0 Å². The fraction of sp³-hybridized carbons (Fsp3) is 0.929. The van der Waals surface area contributed by atoms with Gasteiger partial charge < -0.3 is 0 Å². The van der Waals surface area contributed by atoms with Gasteiger partial charge in [0.2, 0.25) is 0 Å². The van der Waals surface area contributed by atoms with Gasteiger partial charge in [-0.15, -0.1) is 0 Å². The van der Waals surface area contributed by atoms with E-state index in [9.17, 15) is 0 Å². The lowest BCUT2D eigenvalue weighted by atomic mass is 9.48. The highest BCUT2D eigenvalue weighted by Gasteiger charge is 2.57. The first-order valence-electron chi connectivity index (χ1n) is 13.0. The van der Waals surface area contributed by atoms with Gasteiger partial charge in [-0.2, -0.15) is 0 Å². The van der Waals surface area contributed by atoms with Crippen molar-refractivity contribution in [2.45, 2.75) is 118 Å². The normalized spacial score (nSPS) is 45.8. The molecule has 4 unspecified atom stereocenters. The van der Waals surface area contributed by atoms with Crippen LogP contribution in [0.4, 0.5) is 0 Å². The van der Waals surface area contributed by atoms with Crippen LogP contribution in [0.3, 0.4) is 0 Å². The van der Waals surface area contributed by atoms with E-state index in [0.29, 0.717) is 10.8 Å². The molecule has 0 aromatic heterocycles. The molecule has 0 radical (unpaired) electrons. The van der Waals surface area contributed by atoms with Gasteiger partial charge in [-0.25, -0.2) is 0 Å². The third-order valence-electron chi connectivity index (χ3n) is 10.5. The Kier molecular flexibility index (Phi) is 6.08. The molecule has 0 aliphatic heterocycles. The molecule has 4 aliphatic rings. The summed E-state index contributed by atoms with van der Waals surface area (Å²) < 4.78 is 0. The van der Waals surface area contributed by atoms with Crippen molar-refractivity contribution in [3.8, 4) is 0 Å². The van der Waals surface area contributed by atoms with Crippen LogP contribution in [0.2, 0.25) is 0 Å². The summed E-state index contributed by atoms with van der Waals surface area (Å²) in [4.78, 5) is 0. The van der Waals surface area contributed by atoms with Gasteiger partial charge in [-0.3, -0.25) is 0 Å². The van der Waals surface area contributed by atoms with Crippen LogP contribution in [0.1, 0.15) is 118 Å². The molecule has 0 N–H and O–H groups in total. The number of rotatable bonds is 5. The van der Waals surface area contributed by atoms with Crippen molar-refractivity contribution in [3.05, 3.63) is 11.6 Å². The fourth-order valence-corrected chi connectivity index (χ4v) is 8.51. The van der Waals surface area contributed by atoms with Gasteiger partial charge in [-0.05, 0) is 111 Å². The maximum atomic E-state index is 2.76. The average Bonchev–Trinajstić information content (AvgIpc) is 2.90. The lowest BCUT2D eigenvalue weighted by Gasteiger charge is -2.56. The summed E-state index contributed by atoms with van der Waals surface area (Å²) in [6.45, 7) is 12.7. The lowest BCUT2D eigenvalue weighted by molar-refractivity contribution is -0.0383. The fourth-order valence-electron chi connectivity index (χ4n) is 8.51. The summed E-state index contributed by atoms with van der Waals surface area (Å²) in [7, 11) is 0. The molecule has 4 aliphatic carbocycles. The first-order valence-corrected chi connectivity index (χ1v) is 13.0. The summed E-state index contributed by atoms with van der Waals surface area (Å²) in [6, 6.07) is 0. The summed E-state index contributed by atoms with van der Waals surface area (Å²) in [6.07, 6.45) is 22.0. The lowest BCUT2D eigenvalue weighted by Crippen LogP contribution is -2.48. The van der Waals surface area contributed by atoms with Gasteiger partial charge in [0.05, 0.1) is 0 Å². The van der Waals surface area contributed by atoms with E-state index in [4.69, 9.17) is 0 Å². The maximum Gasteiger partial charge on any atom is -0.00852 e. The molecule has 0 bridgehead atoms. The molecule has 3 saturated carbocycles. The Labute approximate surface area is 176 Å². The van der Waals surface area contributed by atoms with Gasteiger partial charge in [-0.1, -0.05) is 65.5 Å². The van der Waals surface area contributed by atoms with E-state index >= 15 is 0 Å². The average molecular weight is 385 g/mol. The highest BCUT2D eigenvalue weighted by atomic mass is 14.6. The summed E-state index contributed by atoms with van der Waals surface area (Å²) in [5.74, 6) is 5.87. The molecular weight excluding hydrogens is 336 g/mol. The maximum absolute atomic E-state index is 2.76. The molecule has 0 aromatic rings. The Morgan fingerprint density at radius 2 is 1.79 bits per heavy atom. The molecule has 0 nitrogen and oxygen atoms in total. The molecule has 0 spiro atoms. The third kappa shape index (κ3) is 3.65. The number of hydrogen-bond donors (Lipinski definition) is 0. The molecule has 0 saturated heterocycles. The second-order valence-electron chi connectivity index (χ2n) is 12.4. The molecule has 0 amide bonds. The molecule has 0 heterocycles. The number of hydrogen-bond acceptors (Lipinski definition) is 0. The van der Waals surface area contributed by atoms with E-state index in [1.165, 1.54) is 77.0 Å². The van der Waals surface area contributed by atoms with E-state index in [1.54, 1.807) is 6.42 Å². The Bertz CT molecular complexity index is 571. The molecule has 0 aromatic carbocycles. The van der Waals surface area contributed by atoms with E-state index in [2.05, 4.69) is 40.7 Å². The number of unbranched alkanes of at least 4 members (excludes halogenated alkanes) is 1. The molecule has 7 atom stereocenters. The molecule has 0 heteroatoms. The largest absolute Gasteiger partial charge is 0.0845 e. The van der Waals surface area contributed by atoms with Crippen molar-refractivity contribution in [1.29, 1.82) is 0 Å². The molecular formula is C28H48. The highest BCUT2D eigenvalue weighted by molar-refractivity contribution is 5.23. The van der Waals surface area contributed by atoms with Gasteiger partial charge >= 0.3 is 0 Å². The van der Waals surface area contributed by atoms with Crippen LogP contribution >= 0.6 is 0 Å². The first-order chi connectivity index (χ1) is 13.3. The van der Waals surface area contributed by atoms with E-state index in [0.717, 1.165) is 35.5 Å². The molecule has 4 rings (SSSR count). The predicted octanol–water partition coefficient (Wildman–Crippen LogP) is 8.81. The monoisotopic (exact) mass is 384 g/mol. The zero-order valence-electron chi connectivity index (χ0n) is 19.7. The predicted molar refractivity (Wildman–Crippen MR) is 122 cm³/mol. The minimum atomic E-state index is 0.546. The number of fused-ring (bicyclic) bond motifs is 5. The summed E-state index contributed by atoms with van der Waals surface area (Å²) in [5.41, 5.74) is 3.09. The Morgan fingerprint density at radius 3 is 2.57 bits per heavy atom. The van der Waals surface area contributed by atoms with Crippen molar-refractivity contribution in [2.75, 3.05) is 0 Å². The SMILES string of the molecule is CC(C)CCCCC1CCC2C3CC=C4CC[C@@H](C)CC[C@]4(C)C3CC[C@]12C. The van der Waals surface area contributed by atoms with Gasteiger partial charge in [0, 0.05) is 0 Å². The summed E-state index contributed by atoms with van der Waals surface area (Å²) in [5, 5.41) is 0. The molecule has 28 heavy (non-hydrogen) atoms. The van der Waals surface area contributed by atoms with Crippen molar-refractivity contribution >= 4 is 0 Å². The summed E-state index contributed by atoms with van der Waals surface area (Å²) >= 11 is 0. The van der Waals surface area contributed by atoms with Gasteiger partial charge in [0.25, 0.3) is 0 Å².